The molecular formula is C16H14O6. The van der Waals surface area contributed by atoms with Gasteiger partial charge < -0.3 is 20.4 Å². The van der Waals surface area contributed by atoms with Crippen molar-refractivity contribution in [3.63, 3.8) is 0 Å². The Morgan fingerprint density at radius 2 is 0.909 bits per heavy atom. The van der Waals surface area contributed by atoms with E-state index in [-0.39, 0.29) is 11.1 Å². The van der Waals surface area contributed by atoms with E-state index in [9.17, 15) is 30.0 Å². The van der Waals surface area contributed by atoms with Crippen LogP contribution < -0.4 is 0 Å². The zero-order valence-corrected chi connectivity index (χ0v) is 11.4. The normalized spacial score (nSPS) is 16.3. The third-order valence-electron chi connectivity index (χ3n) is 3.53. The molecule has 0 amide bonds. The zero-order valence-electron chi connectivity index (χ0n) is 11.4. The Bertz CT molecular complexity index is 623. The summed E-state index contributed by atoms with van der Waals surface area (Å²) >= 11 is 0. The van der Waals surface area contributed by atoms with E-state index in [1.165, 1.54) is 48.5 Å². The van der Waals surface area contributed by atoms with Crippen LogP contribution in [0.25, 0.3) is 0 Å². The summed E-state index contributed by atoms with van der Waals surface area (Å²) in [6.07, 6.45) is 0. The van der Waals surface area contributed by atoms with Gasteiger partial charge >= 0.3 is 11.9 Å². The molecule has 0 aliphatic rings. The van der Waals surface area contributed by atoms with Crippen molar-refractivity contribution >= 4 is 11.9 Å². The molecular weight excluding hydrogens is 288 g/mol. The predicted octanol–water partition coefficient (Wildman–Crippen LogP) is 0.931. The molecule has 6 heteroatoms. The smallest absolute Gasteiger partial charge is 0.344 e. The number of carbonyl (C=O) groups is 2. The summed E-state index contributed by atoms with van der Waals surface area (Å²) in [5.41, 5.74) is -6.59. The number of hydrogen-bond donors (Lipinski definition) is 4. The number of benzene rings is 2. The van der Waals surface area contributed by atoms with E-state index in [0.717, 1.165) is 0 Å². The summed E-state index contributed by atoms with van der Waals surface area (Å²) < 4.78 is 0. The van der Waals surface area contributed by atoms with Gasteiger partial charge in [0.25, 0.3) is 0 Å². The monoisotopic (exact) mass is 302 g/mol. The lowest BCUT2D eigenvalue weighted by atomic mass is 9.73. The maximum absolute atomic E-state index is 11.7. The summed E-state index contributed by atoms with van der Waals surface area (Å²) in [6.45, 7) is 0. The zero-order chi connectivity index (χ0) is 16.4. The van der Waals surface area contributed by atoms with Gasteiger partial charge in [-0.15, -0.1) is 0 Å². The number of carboxylic acid groups (broad SMARTS) is 2. The van der Waals surface area contributed by atoms with Crippen LogP contribution in [0.15, 0.2) is 60.7 Å². The van der Waals surface area contributed by atoms with Gasteiger partial charge in [0.1, 0.15) is 0 Å². The molecule has 0 unspecified atom stereocenters. The van der Waals surface area contributed by atoms with Crippen molar-refractivity contribution in [3.05, 3.63) is 71.8 Å². The van der Waals surface area contributed by atoms with Crippen molar-refractivity contribution in [2.24, 2.45) is 0 Å². The van der Waals surface area contributed by atoms with Crippen LogP contribution in [0.4, 0.5) is 0 Å². The van der Waals surface area contributed by atoms with Crippen LogP contribution in [-0.4, -0.2) is 32.4 Å². The average Bonchev–Trinajstić information content (AvgIpc) is 2.54. The van der Waals surface area contributed by atoms with Gasteiger partial charge in [0.15, 0.2) is 0 Å². The second kappa shape index (κ2) is 5.59. The molecule has 2 rings (SSSR count). The number of aliphatic carboxylic acids is 2. The first-order valence-electron chi connectivity index (χ1n) is 6.37. The van der Waals surface area contributed by atoms with Crippen LogP contribution in [0.3, 0.4) is 0 Å². The minimum absolute atomic E-state index is 0.240. The van der Waals surface area contributed by atoms with Gasteiger partial charge in [-0.25, -0.2) is 9.59 Å². The molecule has 0 fully saturated rings. The van der Waals surface area contributed by atoms with E-state index in [1.54, 1.807) is 12.1 Å². The second-order valence-electron chi connectivity index (χ2n) is 4.76. The van der Waals surface area contributed by atoms with E-state index in [2.05, 4.69) is 0 Å². The topological polar surface area (TPSA) is 115 Å². The highest BCUT2D eigenvalue weighted by Crippen LogP contribution is 2.41. The van der Waals surface area contributed by atoms with Gasteiger partial charge in [0, 0.05) is 0 Å². The Morgan fingerprint density at radius 3 is 1.14 bits per heavy atom. The standard InChI is InChI=1S/C16H14O6/c17-13(18)15(21,11-7-3-1-4-8-11)16(22,14(19)20)12-9-5-2-6-10-12/h1-10,21-22H,(H,17,18)(H,19,20)/t15-,16-/m0/s1. The molecule has 0 bridgehead atoms. The Kier molecular flexibility index (Phi) is 3.99. The quantitative estimate of drug-likeness (QED) is 0.653. The highest BCUT2D eigenvalue weighted by molar-refractivity contribution is 5.92. The Labute approximate surface area is 125 Å². The van der Waals surface area contributed by atoms with E-state index in [4.69, 9.17) is 0 Å². The third-order valence-corrected chi connectivity index (χ3v) is 3.53. The van der Waals surface area contributed by atoms with Gasteiger partial charge in [-0.2, -0.15) is 0 Å². The molecule has 2 aromatic rings. The Hall–Kier alpha value is -2.70. The fourth-order valence-electron chi connectivity index (χ4n) is 2.33. The molecule has 2 atom stereocenters. The fourth-order valence-corrected chi connectivity index (χ4v) is 2.33. The summed E-state index contributed by atoms with van der Waals surface area (Å²) in [7, 11) is 0. The van der Waals surface area contributed by atoms with Crippen LogP contribution in [0.1, 0.15) is 11.1 Å². The molecule has 0 aliphatic carbocycles. The number of aliphatic hydroxyl groups is 2. The van der Waals surface area contributed by atoms with Crippen molar-refractivity contribution < 1.29 is 30.0 Å². The van der Waals surface area contributed by atoms with Crippen LogP contribution >= 0.6 is 0 Å². The first-order valence-corrected chi connectivity index (χ1v) is 6.37. The van der Waals surface area contributed by atoms with Crippen molar-refractivity contribution in [1.29, 1.82) is 0 Å². The van der Waals surface area contributed by atoms with Gasteiger partial charge in [-0.3, -0.25) is 0 Å². The van der Waals surface area contributed by atoms with Gasteiger partial charge in [-0.05, 0) is 11.1 Å². The summed E-state index contributed by atoms with van der Waals surface area (Å²) in [5, 5.41) is 40.3. The average molecular weight is 302 g/mol. The summed E-state index contributed by atoms with van der Waals surface area (Å²) in [5.74, 6) is -3.74. The number of carboxylic acids is 2. The third kappa shape index (κ3) is 2.14. The first-order chi connectivity index (χ1) is 10.3. The van der Waals surface area contributed by atoms with E-state index in [1.807, 2.05) is 0 Å². The van der Waals surface area contributed by atoms with Crippen LogP contribution in [0.2, 0.25) is 0 Å². The molecule has 4 N–H and O–H groups in total. The SMILES string of the molecule is O=C(O)[C@@](O)(c1ccccc1)[C@@](O)(C(=O)O)c1ccccc1. The lowest BCUT2D eigenvalue weighted by molar-refractivity contribution is -0.213. The van der Waals surface area contributed by atoms with E-state index >= 15 is 0 Å². The predicted molar refractivity (Wildman–Crippen MR) is 75.9 cm³/mol. The lowest BCUT2D eigenvalue weighted by Crippen LogP contribution is -2.59. The van der Waals surface area contributed by atoms with E-state index < -0.39 is 23.1 Å². The molecule has 0 saturated carbocycles. The lowest BCUT2D eigenvalue weighted by Gasteiger charge is -2.37. The number of rotatable bonds is 5. The van der Waals surface area contributed by atoms with Crippen LogP contribution in [-0.2, 0) is 20.8 Å². The summed E-state index contributed by atoms with van der Waals surface area (Å²) in [4.78, 5) is 23.3. The molecule has 6 nitrogen and oxygen atoms in total. The van der Waals surface area contributed by atoms with Crippen molar-refractivity contribution in [2.75, 3.05) is 0 Å². The summed E-state index contributed by atoms with van der Waals surface area (Å²) in [6, 6.07) is 13.9. The molecule has 0 saturated heterocycles. The van der Waals surface area contributed by atoms with Crippen molar-refractivity contribution in [2.45, 2.75) is 11.2 Å². The minimum Gasteiger partial charge on any atom is -0.479 e. The Morgan fingerprint density at radius 1 is 0.636 bits per heavy atom. The van der Waals surface area contributed by atoms with Crippen molar-refractivity contribution in [3.8, 4) is 0 Å². The molecule has 0 heterocycles. The highest BCUT2D eigenvalue weighted by atomic mass is 16.5. The molecule has 22 heavy (non-hydrogen) atoms. The second-order valence-corrected chi connectivity index (χ2v) is 4.76. The van der Waals surface area contributed by atoms with Crippen LogP contribution in [0.5, 0.6) is 0 Å². The highest BCUT2D eigenvalue weighted by Gasteiger charge is 2.62. The molecule has 0 spiro atoms. The number of hydrogen-bond acceptors (Lipinski definition) is 4. The molecule has 114 valence electrons. The van der Waals surface area contributed by atoms with Crippen LogP contribution in [0, 0.1) is 0 Å². The molecule has 0 radical (unpaired) electrons. The molecule has 2 aromatic carbocycles. The maximum atomic E-state index is 11.7. The maximum Gasteiger partial charge on any atom is 0.344 e. The van der Waals surface area contributed by atoms with E-state index in [0.29, 0.717) is 0 Å². The Balaban J connectivity index is 2.78. The fraction of sp³-hybridized carbons (Fsp3) is 0.125. The first kappa shape index (κ1) is 15.7. The van der Waals surface area contributed by atoms with Crippen molar-refractivity contribution in [1.82, 2.24) is 0 Å². The molecule has 0 aliphatic heterocycles. The van der Waals surface area contributed by atoms with Gasteiger partial charge in [0.05, 0.1) is 0 Å². The largest absolute Gasteiger partial charge is 0.479 e. The molecule has 0 aromatic heterocycles. The van der Waals surface area contributed by atoms with Gasteiger partial charge in [0.2, 0.25) is 11.2 Å². The minimum atomic E-state index is -3.05. The van der Waals surface area contributed by atoms with Gasteiger partial charge in [-0.1, -0.05) is 60.7 Å².